The first-order valence-corrected chi connectivity index (χ1v) is 7.70. The summed E-state index contributed by atoms with van der Waals surface area (Å²) in [6.07, 6.45) is 4.79. The fourth-order valence-electron chi connectivity index (χ4n) is 2.55. The number of sulfone groups is 1. The van der Waals surface area contributed by atoms with Crippen molar-refractivity contribution in [2.24, 2.45) is 0 Å². The van der Waals surface area contributed by atoms with Gasteiger partial charge >= 0.3 is 0 Å². The van der Waals surface area contributed by atoms with Crippen LogP contribution in [0.2, 0.25) is 0 Å². The van der Waals surface area contributed by atoms with Crippen LogP contribution in [-0.2, 0) is 9.84 Å². The predicted octanol–water partition coefficient (Wildman–Crippen LogP) is 1.82. The molecule has 17 heavy (non-hydrogen) atoms. The molecule has 0 aromatic heterocycles. The van der Waals surface area contributed by atoms with Crippen LogP contribution in [0, 0.1) is 0 Å². The van der Waals surface area contributed by atoms with E-state index in [-0.39, 0.29) is 6.10 Å². The second-order valence-electron chi connectivity index (χ2n) is 4.77. The van der Waals surface area contributed by atoms with Gasteiger partial charge in [-0.05, 0) is 37.5 Å². The molecule has 2 unspecified atom stereocenters. The molecule has 3 rings (SSSR count). The van der Waals surface area contributed by atoms with Crippen LogP contribution in [0.1, 0.15) is 19.3 Å². The fraction of sp³-hybridized carbons (Fsp3) is 0.500. The number of benzene rings is 1. The zero-order valence-corrected chi connectivity index (χ0v) is 10.5. The van der Waals surface area contributed by atoms with Gasteiger partial charge in [-0.1, -0.05) is 0 Å². The second-order valence-corrected chi connectivity index (χ2v) is 6.78. The van der Waals surface area contributed by atoms with Crippen LogP contribution in [0.15, 0.2) is 23.1 Å². The van der Waals surface area contributed by atoms with Crippen LogP contribution in [0.4, 0.5) is 5.69 Å². The number of fused-ring (bicyclic) bond motifs is 2. The second kappa shape index (κ2) is 3.63. The van der Waals surface area contributed by atoms with E-state index in [4.69, 9.17) is 4.74 Å². The molecule has 5 heteroatoms. The molecular formula is C12H15NO3S. The lowest BCUT2D eigenvalue weighted by molar-refractivity contribution is 0.188. The molecule has 1 saturated carbocycles. The van der Waals surface area contributed by atoms with Crippen molar-refractivity contribution >= 4 is 15.5 Å². The Morgan fingerprint density at radius 1 is 1.35 bits per heavy atom. The van der Waals surface area contributed by atoms with Gasteiger partial charge in [-0.15, -0.1) is 0 Å². The molecule has 0 amide bonds. The average molecular weight is 253 g/mol. The fourth-order valence-corrected chi connectivity index (χ4v) is 3.20. The van der Waals surface area contributed by atoms with Crippen LogP contribution in [0.5, 0.6) is 5.75 Å². The van der Waals surface area contributed by atoms with Gasteiger partial charge in [-0.3, -0.25) is 0 Å². The number of anilines is 1. The van der Waals surface area contributed by atoms with Crippen molar-refractivity contribution in [3.8, 4) is 5.75 Å². The highest BCUT2D eigenvalue weighted by Crippen LogP contribution is 2.38. The Morgan fingerprint density at radius 2 is 2.18 bits per heavy atom. The lowest BCUT2D eigenvalue weighted by Gasteiger charge is -2.30. The summed E-state index contributed by atoms with van der Waals surface area (Å²) in [7, 11) is -3.15. The van der Waals surface area contributed by atoms with Crippen molar-refractivity contribution in [3.63, 3.8) is 0 Å². The highest BCUT2D eigenvalue weighted by Gasteiger charge is 2.33. The number of nitrogens with one attached hydrogen (secondary N) is 1. The summed E-state index contributed by atoms with van der Waals surface area (Å²) in [6.45, 7) is 0. The largest absolute Gasteiger partial charge is 0.486 e. The van der Waals surface area contributed by atoms with Gasteiger partial charge in [0.2, 0.25) is 0 Å². The van der Waals surface area contributed by atoms with Gasteiger partial charge in [0.25, 0.3) is 0 Å². The minimum Gasteiger partial charge on any atom is -0.486 e. The highest BCUT2D eigenvalue weighted by atomic mass is 32.2. The number of hydrogen-bond donors (Lipinski definition) is 1. The average Bonchev–Trinajstić information content (AvgIpc) is 2.70. The number of ether oxygens (including phenoxy) is 1. The van der Waals surface area contributed by atoms with Gasteiger partial charge in [0, 0.05) is 6.26 Å². The molecule has 2 atom stereocenters. The molecule has 1 heterocycles. The SMILES string of the molecule is CS(=O)(=O)c1ccc2c(c1)NC1CCCC1O2. The molecular weight excluding hydrogens is 238 g/mol. The van der Waals surface area contributed by atoms with E-state index < -0.39 is 9.84 Å². The summed E-state index contributed by atoms with van der Waals surface area (Å²) in [5.74, 6) is 0.764. The van der Waals surface area contributed by atoms with Crippen LogP contribution in [0.25, 0.3) is 0 Å². The number of rotatable bonds is 1. The third-order valence-electron chi connectivity index (χ3n) is 3.45. The summed E-state index contributed by atoms with van der Waals surface area (Å²) >= 11 is 0. The summed E-state index contributed by atoms with van der Waals surface area (Å²) < 4.78 is 28.8. The van der Waals surface area contributed by atoms with E-state index in [1.54, 1.807) is 18.2 Å². The van der Waals surface area contributed by atoms with Crippen molar-refractivity contribution in [2.75, 3.05) is 11.6 Å². The Bertz CT molecular complexity index is 553. The summed E-state index contributed by atoms with van der Waals surface area (Å²) in [5.41, 5.74) is 0.802. The van der Waals surface area contributed by atoms with Crippen LogP contribution in [0.3, 0.4) is 0 Å². The van der Waals surface area contributed by atoms with E-state index in [9.17, 15) is 8.42 Å². The lowest BCUT2D eigenvalue weighted by atomic mass is 10.1. The molecule has 0 saturated heterocycles. The van der Waals surface area contributed by atoms with Crippen LogP contribution >= 0.6 is 0 Å². The van der Waals surface area contributed by atoms with E-state index in [0.717, 1.165) is 30.7 Å². The molecule has 0 bridgehead atoms. The zero-order valence-electron chi connectivity index (χ0n) is 9.64. The van der Waals surface area contributed by atoms with Crippen molar-refractivity contribution in [1.29, 1.82) is 0 Å². The van der Waals surface area contributed by atoms with Gasteiger partial charge in [-0.2, -0.15) is 0 Å². The molecule has 1 aromatic rings. The van der Waals surface area contributed by atoms with E-state index in [2.05, 4.69) is 5.32 Å². The number of hydrogen-bond acceptors (Lipinski definition) is 4. The Hall–Kier alpha value is -1.23. The molecule has 1 fully saturated rings. The smallest absolute Gasteiger partial charge is 0.175 e. The highest BCUT2D eigenvalue weighted by molar-refractivity contribution is 7.90. The van der Waals surface area contributed by atoms with Crippen LogP contribution < -0.4 is 10.1 Å². The van der Waals surface area contributed by atoms with Crippen molar-refractivity contribution in [1.82, 2.24) is 0 Å². The van der Waals surface area contributed by atoms with E-state index >= 15 is 0 Å². The van der Waals surface area contributed by atoms with Gasteiger partial charge in [0.15, 0.2) is 9.84 Å². The Morgan fingerprint density at radius 3 is 2.94 bits per heavy atom. The molecule has 1 aromatic carbocycles. The molecule has 0 radical (unpaired) electrons. The van der Waals surface area contributed by atoms with E-state index in [1.807, 2.05) is 0 Å². The maximum absolute atomic E-state index is 11.5. The maximum Gasteiger partial charge on any atom is 0.175 e. The van der Waals surface area contributed by atoms with Crippen molar-refractivity contribution in [2.45, 2.75) is 36.3 Å². The zero-order chi connectivity index (χ0) is 12.0. The summed E-state index contributed by atoms with van der Waals surface area (Å²) in [5, 5.41) is 3.38. The van der Waals surface area contributed by atoms with Crippen LogP contribution in [-0.4, -0.2) is 26.8 Å². The normalized spacial score (nSPS) is 26.6. The topological polar surface area (TPSA) is 55.4 Å². The van der Waals surface area contributed by atoms with E-state index in [1.165, 1.54) is 6.26 Å². The Kier molecular flexibility index (Phi) is 2.33. The summed E-state index contributed by atoms with van der Waals surface area (Å²) in [6, 6.07) is 5.34. The first-order chi connectivity index (χ1) is 8.04. The summed E-state index contributed by atoms with van der Waals surface area (Å²) in [4.78, 5) is 0.337. The molecule has 0 spiro atoms. The Labute approximate surface area is 101 Å². The Balaban J connectivity index is 2.00. The minimum absolute atomic E-state index is 0.242. The van der Waals surface area contributed by atoms with Crippen molar-refractivity contribution < 1.29 is 13.2 Å². The standard InChI is InChI=1S/C12H15NO3S/c1-17(14,15)8-5-6-12-10(7-8)13-9-3-2-4-11(9)16-12/h5-7,9,11,13H,2-4H2,1H3. The quantitative estimate of drug-likeness (QED) is 0.829. The molecule has 1 aliphatic carbocycles. The maximum atomic E-state index is 11.5. The first kappa shape index (κ1) is 10.9. The molecule has 1 aliphatic heterocycles. The molecule has 1 N–H and O–H groups in total. The predicted molar refractivity (Wildman–Crippen MR) is 65.2 cm³/mol. The third kappa shape index (κ3) is 1.88. The van der Waals surface area contributed by atoms with Gasteiger partial charge < -0.3 is 10.1 Å². The van der Waals surface area contributed by atoms with Crippen molar-refractivity contribution in [3.05, 3.63) is 18.2 Å². The lowest BCUT2D eigenvalue weighted by Crippen LogP contribution is -2.36. The minimum atomic E-state index is -3.15. The molecule has 92 valence electrons. The molecule has 4 nitrogen and oxygen atoms in total. The van der Waals surface area contributed by atoms with Gasteiger partial charge in [0.05, 0.1) is 16.6 Å². The first-order valence-electron chi connectivity index (χ1n) is 5.81. The molecule has 2 aliphatic rings. The van der Waals surface area contributed by atoms with Gasteiger partial charge in [0.1, 0.15) is 11.9 Å². The van der Waals surface area contributed by atoms with E-state index in [0.29, 0.717) is 10.9 Å². The third-order valence-corrected chi connectivity index (χ3v) is 4.56. The van der Waals surface area contributed by atoms with Gasteiger partial charge in [-0.25, -0.2) is 8.42 Å². The monoisotopic (exact) mass is 253 g/mol.